The van der Waals surface area contributed by atoms with Crippen LogP contribution in [0.5, 0.6) is 11.5 Å². The Hall–Kier alpha value is -2.54. The Labute approximate surface area is 139 Å². The number of aliphatic hydroxyl groups excluding tert-OH is 1. The first-order chi connectivity index (χ1) is 11.5. The first-order valence-electron chi connectivity index (χ1n) is 7.82. The Bertz CT molecular complexity index is 737. The number of benzene rings is 1. The van der Waals surface area contributed by atoms with E-state index in [4.69, 9.17) is 4.74 Å². The lowest BCUT2D eigenvalue weighted by Crippen LogP contribution is -2.41. The maximum Gasteiger partial charge on any atom is 0.251 e. The molecule has 7 heteroatoms. The number of aromatic hydroxyl groups is 1. The number of carbonyl (C=O) groups excluding carboxylic acids is 1. The van der Waals surface area contributed by atoms with Gasteiger partial charge in [0, 0.05) is 24.4 Å². The van der Waals surface area contributed by atoms with Crippen molar-refractivity contribution in [1.29, 1.82) is 0 Å². The van der Waals surface area contributed by atoms with Crippen LogP contribution in [0.3, 0.4) is 0 Å². The number of aryl methyl sites for hydroxylation is 1. The summed E-state index contributed by atoms with van der Waals surface area (Å²) in [5.41, 5.74) is 1.25. The van der Waals surface area contributed by atoms with E-state index in [9.17, 15) is 15.0 Å². The summed E-state index contributed by atoms with van der Waals surface area (Å²) in [6.07, 6.45) is 4.57. The zero-order valence-corrected chi connectivity index (χ0v) is 13.6. The van der Waals surface area contributed by atoms with Gasteiger partial charge in [-0.1, -0.05) is 0 Å². The minimum absolute atomic E-state index is 0.0813. The standard InChI is InChI=1S/C17H21N3O4/c1-20-9-12(8-18-20)16(11-5-13(21)6-11)19-17(23)10-3-4-15(24-2)14(22)7-10/h3-4,7-9,11,13,16,21-22H,5-6H2,1-2H3,(H,19,23). The molecular weight excluding hydrogens is 310 g/mol. The smallest absolute Gasteiger partial charge is 0.251 e. The molecule has 1 amide bonds. The number of rotatable bonds is 5. The average molecular weight is 331 g/mol. The van der Waals surface area contributed by atoms with Crippen LogP contribution in [0.25, 0.3) is 0 Å². The van der Waals surface area contributed by atoms with E-state index in [1.807, 2.05) is 13.2 Å². The third kappa shape index (κ3) is 3.21. The first-order valence-corrected chi connectivity index (χ1v) is 7.82. The Kier molecular flexibility index (Phi) is 4.44. The van der Waals surface area contributed by atoms with Crippen molar-refractivity contribution >= 4 is 5.91 Å². The van der Waals surface area contributed by atoms with Crippen LogP contribution >= 0.6 is 0 Å². The lowest BCUT2D eigenvalue weighted by molar-refractivity contribution is 0.0235. The van der Waals surface area contributed by atoms with Crippen LogP contribution in [0.1, 0.15) is 34.8 Å². The van der Waals surface area contributed by atoms with E-state index < -0.39 is 0 Å². The highest BCUT2D eigenvalue weighted by atomic mass is 16.5. The topological polar surface area (TPSA) is 96.6 Å². The minimum Gasteiger partial charge on any atom is -0.504 e. The van der Waals surface area contributed by atoms with Crippen LogP contribution in [0.2, 0.25) is 0 Å². The van der Waals surface area contributed by atoms with Crippen molar-refractivity contribution in [3.05, 3.63) is 41.7 Å². The van der Waals surface area contributed by atoms with Gasteiger partial charge in [-0.15, -0.1) is 0 Å². The summed E-state index contributed by atoms with van der Waals surface area (Å²) >= 11 is 0. The predicted octanol–water partition coefficient (Wildman–Crippen LogP) is 1.38. The van der Waals surface area contributed by atoms with E-state index in [2.05, 4.69) is 10.4 Å². The van der Waals surface area contributed by atoms with Gasteiger partial charge in [-0.3, -0.25) is 9.48 Å². The molecule has 0 radical (unpaired) electrons. The van der Waals surface area contributed by atoms with Crippen LogP contribution < -0.4 is 10.1 Å². The molecule has 7 nitrogen and oxygen atoms in total. The minimum atomic E-state index is -0.309. The predicted molar refractivity (Wildman–Crippen MR) is 86.8 cm³/mol. The Morgan fingerprint density at radius 3 is 2.75 bits per heavy atom. The lowest BCUT2D eigenvalue weighted by atomic mass is 9.75. The molecule has 1 aromatic heterocycles. The summed E-state index contributed by atoms with van der Waals surface area (Å²) in [5, 5.41) is 26.6. The number of carbonyl (C=O) groups is 1. The van der Waals surface area contributed by atoms with E-state index >= 15 is 0 Å². The molecule has 0 aliphatic heterocycles. The molecule has 1 atom stereocenters. The van der Waals surface area contributed by atoms with Crippen molar-refractivity contribution in [2.45, 2.75) is 25.0 Å². The van der Waals surface area contributed by atoms with Gasteiger partial charge in [-0.05, 0) is 37.0 Å². The van der Waals surface area contributed by atoms with Crippen molar-refractivity contribution < 1.29 is 19.7 Å². The van der Waals surface area contributed by atoms with Crippen molar-refractivity contribution in [3.63, 3.8) is 0 Å². The molecule has 1 heterocycles. The van der Waals surface area contributed by atoms with E-state index in [-0.39, 0.29) is 29.7 Å². The Morgan fingerprint density at radius 2 is 2.21 bits per heavy atom. The maximum absolute atomic E-state index is 12.6. The molecule has 1 aromatic carbocycles. The molecule has 3 N–H and O–H groups in total. The number of amides is 1. The Morgan fingerprint density at radius 1 is 1.46 bits per heavy atom. The van der Waals surface area contributed by atoms with Gasteiger partial charge in [0.2, 0.25) is 0 Å². The van der Waals surface area contributed by atoms with Crippen molar-refractivity contribution in [3.8, 4) is 11.5 Å². The number of nitrogens with one attached hydrogen (secondary N) is 1. The molecule has 0 bridgehead atoms. The van der Waals surface area contributed by atoms with Gasteiger partial charge >= 0.3 is 0 Å². The number of methoxy groups -OCH3 is 1. The van der Waals surface area contributed by atoms with Gasteiger partial charge in [0.05, 0.1) is 25.5 Å². The second-order valence-corrected chi connectivity index (χ2v) is 6.17. The summed E-state index contributed by atoms with van der Waals surface area (Å²) in [6.45, 7) is 0. The van der Waals surface area contributed by atoms with Gasteiger partial charge in [0.25, 0.3) is 5.91 Å². The maximum atomic E-state index is 12.6. The zero-order valence-electron chi connectivity index (χ0n) is 13.6. The highest BCUT2D eigenvalue weighted by molar-refractivity contribution is 5.95. The quantitative estimate of drug-likeness (QED) is 0.769. The molecule has 1 saturated carbocycles. The number of aromatic nitrogens is 2. The Balaban J connectivity index is 1.79. The fourth-order valence-electron chi connectivity index (χ4n) is 3.03. The van der Waals surface area contributed by atoms with Gasteiger partial charge in [-0.2, -0.15) is 5.10 Å². The number of aliphatic hydroxyl groups is 1. The number of hydrogen-bond acceptors (Lipinski definition) is 5. The summed E-state index contributed by atoms with van der Waals surface area (Å²) in [6, 6.07) is 4.31. The van der Waals surface area contributed by atoms with Crippen LogP contribution in [0.4, 0.5) is 0 Å². The van der Waals surface area contributed by atoms with Crippen LogP contribution in [-0.4, -0.2) is 39.1 Å². The largest absolute Gasteiger partial charge is 0.504 e. The first kappa shape index (κ1) is 16.3. The van der Waals surface area contributed by atoms with E-state index in [1.165, 1.54) is 13.2 Å². The van der Waals surface area contributed by atoms with Gasteiger partial charge in [-0.25, -0.2) is 0 Å². The van der Waals surface area contributed by atoms with Crippen molar-refractivity contribution in [1.82, 2.24) is 15.1 Å². The molecule has 0 spiro atoms. The summed E-state index contributed by atoms with van der Waals surface area (Å²) in [7, 11) is 3.27. The molecule has 2 aromatic rings. The lowest BCUT2D eigenvalue weighted by Gasteiger charge is -2.37. The average Bonchev–Trinajstić information content (AvgIpc) is 2.96. The summed E-state index contributed by atoms with van der Waals surface area (Å²) in [4.78, 5) is 12.6. The van der Waals surface area contributed by atoms with Gasteiger partial charge in [0.15, 0.2) is 11.5 Å². The number of nitrogens with zero attached hydrogens (tertiary/aromatic N) is 2. The summed E-state index contributed by atoms with van der Waals surface area (Å²) in [5.74, 6) is 0.114. The highest BCUT2D eigenvalue weighted by Crippen LogP contribution is 2.38. The molecule has 128 valence electrons. The SMILES string of the molecule is COc1ccc(C(=O)NC(c2cnn(C)c2)C2CC(O)C2)cc1O. The second-order valence-electron chi connectivity index (χ2n) is 6.17. The van der Waals surface area contributed by atoms with Crippen LogP contribution in [0.15, 0.2) is 30.6 Å². The molecule has 0 saturated heterocycles. The fourth-order valence-corrected chi connectivity index (χ4v) is 3.03. The molecule has 3 rings (SSSR count). The van der Waals surface area contributed by atoms with E-state index in [0.29, 0.717) is 24.2 Å². The molecular formula is C17H21N3O4. The van der Waals surface area contributed by atoms with E-state index in [1.54, 1.807) is 23.0 Å². The fraction of sp³-hybridized carbons (Fsp3) is 0.412. The monoisotopic (exact) mass is 331 g/mol. The third-order valence-electron chi connectivity index (χ3n) is 4.43. The second kappa shape index (κ2) is 6.52. The number of ether oxygens (including phenoxy) is 1. The highest BCUT2D eigenvalue weighted by Gasteiger charge is 2.36. The summed E-state index contributed by atoms with van der Waals surface area (Å²) < 4.78 is 6.67. The van der Waals surface area contributed by atoms with Crippen molar-refractivity contribution in [2.24, 2.45) is 13.0 Å². The molecule has 1 aliphatic carbocycles. The molecule has 24 heavy (non-hydrogen) atoms. The molecule has 1 fully saturated rings. The normalized spacial score (nSPS) is 21.0. The molecule has 1 aliphatic rings. The van der Waals surface area contributed by atoms with Crippen LogP contribution in [0, 0.1) is 5.92 Å². The number of phenolic OH excluding ortho intramolecular Hbond substituents is 1. The van der Waals surface area contributed by atoms with E-state index in [0.717, 1.165) is 5.56 Å². The third-order valence-corrected chi connectivity index (χ3v) is 4.43. The van der Waals surface area contributed by atoms with Crippen molar-refractivity contribution in [2.75, 3.05) is 7.11 Å². The zero-order chi connectivity index (χ0) is 17.3. The molecule has 1 unspecified atom stereocenters. The number of phenols is 1. The van der Waals surface area contributed by atoms with Gasteiger partial charge in [0.1, 0.15) is 0 Å². The number of hydrogen-bond donors (Lipinski definition) is 3. The van der Waals surface area contributed by atoms with Gasteiger partial charge < -0.3 is 20.3 Å². The van der Waals surface area contributed by atoms with Crippen LogP contribution in [-0.2, 0) is 7.05 Å².